The summed E-state index contributed by atoms with van der Waals surface area (Å²) in [6, 6.07) is 14.1. The zero-order valence-corrected chi connectivity index (χ0v) is 11.7. The van der Waals surface area contributed by atoms with Crippen LogP contribution in [-0.4, -0.2) is 20.7 Å². The van der Waals surface area contributed by atoms with Crippen molar-refractivity contribution in [3.05, 3.63) is 59.9 Å². The second-order valence-corrected chi connectivity index (χ2v) is 4.72. The molecular formula is C16H19FN2O. The fourth-order valence-corrected chi connectivity index (χ4v) is 2.13. The van der Waals surface area contributed by atoms with Crippen molar-refractivity contribution in [2.45, 2.75) is 6.04 Å². The lowest BCUT2D eigenvalue weighted by atomic mass is 10.1. The van der Waals surface area contributed by atoms with E-state index in [2.05, 4.69) is 0 Å². The van der Waals surface area contributed by atoms with E-state index >= 15 is 0 Å². The van der Waals surface area contributed by atoms with Gasteiger partial charge in [-0.25, -0.2) is 4.39 Å². The Balaban J connectivity index is 2.11. The van der Waals surface area contributed by atoms with Crippen LogP contribution >= 0.6 is 0 Å². The molecule has 0 saturated heterocycles. The summed E-state index contributed by atoms with van der Waals surface area (Å²) in [5.74, 6) is 0.527. The molecule has 0 aromatic heterocycles. The second-order valence-electron chi connectivity index (χ2n) is 4.72. The van der Waals surface area contributed by atoms with Gasteiger partial charge in [0.05, 0.1) is 12.8 Å². The molecule has 1 unspecified atom stereocenters. The number of hydrogen-bond acceptors (Lipinski definition) is 3. The van der Waals surface area contributed by atoms with Crippen molar-refractivity contribution in [2.75, 3.05) is 25.6 Å². The minimum atomic E-state index is -0.243. The Morgan fingerprint density at radius 1 is 1.20 bits per heavy atom. The first kappa shape index (κ1) is 14.3. The van der Waals surface area contributed by atoms with Crippen LogP contribution in [0, 0.1) is 5.82 Å². The summed E-state index contributed by atoms with van der Waals surface area (Å²) in [7, 11) is 3.45. The topological polar surface area (TPSA) is 38.5 Å². The molecule has 0 aliphatic heterocycles. The standard InChI is InChI=1S/C16H19FN2O/c1-19(16-9-4-3-8-14(16)17)11-15(18)12-6-5-7-13(10-12)20-2/h3-10,15H,11,18H2,1-2H3. The van der Waals surface area contributed by atoms with Gasteiger partial charge in [-0.15, -0.1) is 0 Å². The van der Waals surface area contributed by atoms with Crippen LogP contribution in [0.3, 0.4) is 0 Å². The number of anilines is 1. The first-order valence-electron chi connectivity index (χ1n) is 6.47. The summed E-state index contributed by atoms with van der Waals surface area (Å²) in [4.78, 5) is 1.82. The molecule has 0 heterocycles. The maximum absolute atomic E-state index is 13.7. The fourth-order valence-electron chi connectivity index (χ4n) is 2.13. The quantitative estimate of drug-likeness (QED) is 0.911. The average molecular weight is 274 g/mol. The molecule has 0 saturated carbocycles. The molecule has 2 aromatic rings. The van der Waals surface area contributed by atoms with Crippen molar-refractivity contribution in [1.29, 1.82) is 0 Å². The van der Waals surface area contributed by atoms with Crippen molar-refractivity contribution < 1.29 is 9.13 Å². The van der Waals surface area contributed by atoms with E-state index in [-0.39, 0.29) is 11.9 Å². The van der Waals surface area contributed by atoms with Crippen LogP contribution in [0.4, 0.5) is 10.1 Å². The number of benzene rings is 2. The van der Waals surface area contributed by atoms with Crippen molar-refractivity contribution in [2.24, 2.45) is 5.73 Å². The van der Waals surface area contributed by atoms with Crippen LogP contribution in [0.25, 0.3) is 0 Å². The highest BCUT2D eigenvalue weighted by atomic mass is 19.1. The summed E-state index contributed by atoms with van der Waals surface area (Å²) in [5, 5.41) is 0. The molecule has 0 aliphatic rings. The van der Waals surface area contributed by atoms with Gasteiger partial charge in [-0.1, -0.05) is 24.3 Å². The summed E-state index contributed by atoms with van der Waals surface area (Å²) >= 11 is 0. The number of nitrogens with zero attached hydrogens (tertiary/aromatic N) is 1. The highest BCUT2D eigenvalue weighted by Gasteiger charge is 2.13. The van der Waals surface area contributed by atoms with E-state index in [1.165, 1.54) is 6.07 Å². The summed E-state index contributed by atoms with van der Waals surface area (Å²) < 4.78 is 18.9. The maximum atomic E-state index is 13.7. The molecule has 0 amide bonds. The monoisotopic (exact) mass is 274 g/mol. The van der Waals surface area contributed by atoms with E-state index in [1.54, 1.807) is 19.2 Å². The highest BCUT2D eigenvalue weighted by Crippen LogP contribution is 2.22. The lowest BCUT2D eigenvalue weighted by Crippen LogP contribution is -2.29. The lowest BCUT2D eigenvalue weighted by Gasteiger charge is -2.24. The number of para-hydroxylation sites is 1. The van der Waals surface area contributed by atoms with Crippen molar-refractivity contribution >= 4 is 5.69 Å². The van der Waals surface area contributed by atoms with Gasteiger partial charge in [0.15, 0.2) is 0 Å². The van der Waals surface area contributed by atoms with Crippen LogP contribution in [0.1, 0.15) is 11.6 Å². The molecule has 4 heteroatoms. The predicted molar refractivity (Wildman–Crippen MR) is 79.6 cm³/mol. The normalized spacial score (nSPS) is 12.0. The van der Waals surface area contributed by atoms with E-state index in [4.69, 9.17) is 10.5 Å². The van der Waals surface area contributed by atoms with Gasteiger partial charge in [0, 0.05) is 19.6 Å². The number of nitrogens with two attached hydrogens (primary N) is 1. The SMILES string of the molecule is COc1cccc(C(N)CN(C)c2ccccc2F)c1. The molecule has 1 atom stereocenters. The summed E-state index contributed by atoms with van der Waals surface area (Å²) in [6.45, 7) is 0.522. The average Bonchev–Trinajstić information content (AvgIpc) is 2.47. The molecule has 0 spiro atoms. The summed E-state index contributed by atoms with van der Waals surface area (Å²) in [6.07, 6.45) is 0. The molecule has 2 aromatic carbocycles. The molecule has 20 heavy (non-hydrogen) atoms. The van der Waals surface area contributed by atoms with Crippen LogP contribution < -0.4 is 15.4 Å². The minimum absolute atomic E-state index is 0.213. The van der Waals surface area contributed by atoms with Crippen molar-refractivity contribution in [1.82, 2.24) is 0 Å². The lowest BCUT2D eigenvalue weighted by molar-refractivity contribution is 0.414. The smallest absolute Gasteiger partial charge is 0.146 e. The number of ether oxygens (including phenoxy) is 1. The maximum Gasteiger partial charge on any atom is 0.146 e. The van der Waals surface area contributed by atoms with Crippen molar-refractivity contribution in [3.8, 4) is 5.75 Å². The van der Waals surface area contributed by atoms with Gasteiger partial charge in [0.2, 0.25) is 0 Å². The van der Waals surface area contributed by atoms with Gasteiger partial charge in [0.25, 0.3) is 0 Å². The van der Waals surface area contributed by atoms with Gasteiger partial charge in [0.1, 0.15) is 11.6 Å². The third kappa shape index (κ3) is 3.27. The molecule has 0 fully saturated rings. The molecule has 0 aliphatic carbocycles. The molecule has 106 valence electrons. The van der Waals surface area contributed by atoms with Gasteiger partial charge < -0.3 is 15.4 Å². The molecular weight excluding hydrogens is 255 g/mol. The van der Waals surface area contributed by atoms with Gasteiger partial charge in [-0.2, -0.15) is 0 Å². The fraction of sp³-hybridized carbons (Fsp3) is 0.250. The van der Waals surface area contributed by atoms with Crippen LogP contribution in [0.2, 0.25) is 0 Å². The van der Waals surface area contributed by atoms with Crippen LogP contribution in [0.15, 0.2) is 48.5 Å². The molecule has 3 nitrogen and oxygen atoms in total. The third-order valence-corrected chi connectivity index (χ3v) is 3.26. The van der Waals surface area contributed by atoms with Gasteiger partial charge >= 0.3 is 0 Å². The molecule has 0 radical (unpaired) electrons. The third-order valence-electron chi connectivity index (χ3n) is 3.26. The Hall–Kier alpha value is -2.07. The van der Waals surface area contributed by atoms with E-state index in [1.807, 2.05) is 42.3 Å². The summed E-state index contributed by atoms with van der Waals surface area (Å²) in [5.41, 5.74) is 7.70. The largest absolute Gasteiger partial charge is 0.497 e. The molecule has 0 bridgehead atoms. The zero-order valence-electron chi connectivity index (χ0n) is 11.7. The zero-order chi connectivity index (χ0) is 14.5. The Labute approximate surface area is 118 Å². The van der Waals surface area contributed by atoms with E-state index in [0.29, 0.717) is 12.2 Å². The van der Waals surface area contributed by atoms with Gasteiger partial charge in [-0.3, -0.25) is 0 Å². The highest BCUT2D eigenvalue weighted by molar-refractivity contribution is 5.47. The number of likely N-dealkylation sites (N-methyl/N-ethyl adjacent to an activating group) is 1. The first-order valence-corrected chi connectivity index (χ1v) is 6.47. The van der Waals surface area contributed by atoms with Gasteiger partial charge in [-0.05, 0) is 29.8 Å². The van der Waals surface area contributed by atoms with Crippen molar-refractivity contribution in [3.63, 3.8) is 0 Å². The number of hydrogen-bond donors (Lipinski definition) is 1. The molecule has 2 N–H and O–H groups in total. The Morgan fingerprint density at radius 2 is 1.95 bits per heavy atom. The van der Waals surface area contributed by atoms with E-state index in [9.17, 15) is 4.39 Å². The molecule has 2 rings (SSSR count). The second kappa shape index (κ2) is 6.39. The number of rotatable bonds is 5. The first-order chi connectivity index (χ1) is 9.61. The van der Waals surface area contributed by atoms with Crippen LogP contribution in [0.5, 0.6) is 5.75 Å². The van der Waals surface area contributed by atoms with Crippen LogP contribution in [-0.2, 0) is 0 Å². The number of halogens is 1. The van der Waals surface area contributed by atoms with E-state index in [0.717, 1.165) is 11.3 Å². The Kier molecular flexibility index (Phi) is 4.58. The number of methoxy groups -OCH3 is 1. The Bertz CT molecular complexity index is 574. The Morgan fingerprint density at radius 3 is 2.65 bits per heavy atom. The van der Waals surface area contributed by atoms with E-state index < -0.39 is 0 Å². The predicted octanol–water partition coefficient (Wildman–Crippen LogP) is 2.97. The minimum Gasteiger partial charge on any atom is -0.497 e.